The Morgan fingerprint density at radius 2 is 2.00 bits per heavy atom. The van der Waals surface area contributed by atoms with Gasteiger partial charge in [-0.1, -0.05) is 0 Å². The Balaban J connectivity index is 2.32. The Kier molecular flexibility index (Phi) is 4.78. The van der Waals surface area contributed by atoms with Crippen molar-refractivity contribution >= 4 is 61.6 Å². The van der Waals surface area contributed by atoms with E-state index >= 15 is 0 Å². The van der Waals surface area contributed by atoms with Gasteiger partial charge >= 0.3 is 5.97 Å². The van der Waals surface area contributed by atoms with Crippen molar-refractivity contribution in [2.45, 2.75) is 0 Å². The molecule has 0 saturated heterocycles. The van der Waals surface area contributed by atoms with Gasteiger partial charge in [0.15, 0.2) is 0 Å². The quantitative estimate of drug-likeness (QED) is 0.399. The van der Waals surface area contributed by atoms with Crippen molar-refractivity contribution in [1.29, 1.82) is 0 Å². The number of carboxylic acid groups (broad SMARTS) is 1. The summed E-state index contributed by atoms with van der Waals surface area (Å²) in [6.07, 6.45) is 0. The van der Waals surface area contributed by atoms with E-state index in [1.165, 1.54) is 18.2 Å². The van der Waals surface area contributed by atoms with E-state index in [4.69, 9.17) is 5.11 Å². The Morgan fingerprint density at radius 1 is 1.29 bits per heavy atom. The van der Waals surface area contributed by atoms with Crippen LogP contribution in [0.4, 0.5) is 17.1 Å². The van der Waals surface area contributed by atoms with Gasteiger partial charge in [-0.25, -0.2) is 4.79 Å². The van der Waals surface area contributed by atoms with Crippen molar-refractivity contribution in [3.8, 4) is 0 Å². The molecule has 2 aromatic rings. The number of halogens is 2. The minimum Gasteiger partial charge on any atom is -0.478 e. The molecule has 0 heterocycles. The predicted molar refractivity (Wildman–Crippen MR) is 90.2 cm³/mol. The molecule has 0 bridgehead atoms. The third-order valence-corrected chi connectivity index (χ3v) is 4.22. The van der Waals surface area contributed by atoms with Gasteiger partial charge < -0.3 is 10.4 Å². The third kappa shape index (κ3) is 3.70. The summed E-state index contributed by atoms with van der Waals surface area (Å²) in [5.74, 6) is -1.04. The number of hydrogen-bond donors (Lipinski definition) is 2. The number of benzene rings is 2. The van der Waals surface area contributed by atoms with E-state index in [-0.39, 0.29) is 11.3 Å². The maximum atomic E-state index is 11.1. The summed E-state index contributed by atoms with van der Waals surface area (Å²) >= 11 is 5.15. The minimum absolute atomic E-state index is 0.00646. The molecule has 0 aliphatic carbocycles. The highest BCUT2D eigenvalue weighted by Gasteiger charge is 2.12. The molecular formula is C13H8BrIN2O4. The molecule has 0 aliphatic heterocycles. The van der Waals surface area contributed by atoms with Crippen molar-refractivity contribution in [1.82, 2.24) is 0 Å². The average molecular weight is 463 g/mol. The molecule has 108 valence electrons. The fourth-order valence-electron chi connectivity index (χ4n) is 1.64. The Morgan fingerprint density at radius 3 is 2.57 bits per heavy atom. The van der Waals surface area contributed by atoms with Gasteiger partial charge in [0.1, 0.15) is 0 Å². The number of carbonyl (C=O) groups is 1. The van der Waals surface area contributed by atoms with E-state index in [9.17, 15) is 14.9 Å². The number of non-ortho nitro benzene ring substituents is 1. The molecule has 21 heavy (non-hydrogen) atoms. The topological polar surface area (TPSA) is 92.5 Å². The lowest BCUT2D eigenvalue weighted by Gasteiger charge is -2.10. The molecule has 0 saturated carbocycles. The summed E-state index contributed by atoms with van der Waals surface area (Å²) in [7, 11) is 0. The highest BCUT2D eigenvalue weighted by molar-refractivity contribution is 14.1. The summed E-state index contributed by atoms with van der Waals surface area (Å²) in [5, 5.41) is 22.8. The molecule has 2 aromatic carbocycles. The molecular weight excluding hydrogens is 455 g/mol. The SMILES string of the molecule is O=C(O)c1cc(Nc2ccc([N+](=O)[O-])cc2I)ccc1Br. The third-order valence-electron chi connectivity index (χ3n) is 2.64. The van der Waals surface area contributed by atoms with Crippen molar-refractivity contribution in [3.05, 3.63) is 60.1 Å². The zero-order valence-electron chi connectivity index (χ0n) is 10.3. The Bertz CT molecular complexity index is 736. The lowest BCUT2D eigenvalue weighted by Crippen LogP contribution is -2.00. The van der Waals surface area contributed by atoms with Gasteiger partial charge in [0, 0.05) is 25.9 Å². The summed E-state index contributed by atoms with van der Waals surface area (Å²) in [5.41, 5.74) is 1.39. The molecule has 0 amide bonds. The second-order valence-electron chi connectivity index (χ2n) is 4.05. The van der Waals surface area contributed by atoms with Crippen molar-refractivity contribution < 1.29 is 14.8 Å². The monoisotopic (exact) mass is 462 g/mol. The lowest BCUT2D eigenvalue weighted by atomic mass is 10.2. The van der Waals surface area contributed by atoms with Crippen LogP contribution in [0.5, 0.6) is 0 Å². The molecule has 0 spiro atoms. The Labute approximate surface area is 141 Å². The van der Waals surface area contributed by atoms with Gasteiger partial charge in [0.05, 0.1) is 16.2 Å². The Hall–Kier alpha value is -1.68. The number of carboxylic acids is 1. The molecule has 8 heteroatoms. The first-order valence-electron chi connectivity index (χ1n) is 5.62. The van der Waals surface area contributed by atoms with Gasteiger partial charge in [0.25, 0.3) is 5.69 Å². The molecule has 0 atom stereocenters. The van der Waals surface area contributed by atoms with E-state index in [1.54, 1.807) is 18.2 Å². The number of nitrogens with zero attached hydrogens (tertiary/aromatic N) is 1. The van der Waals surface area contributed by atoms with Crippen LogP contribution in [0.2, 0.25) is 0 Å². The first-order chi connectivity index (χ1) is 9.88. The number of nitro groups is 1. The van der Waals surface area contributed by atoms with Crippen molar-refractivity contribution in [2.75, 3.05) is 5.32 Å². The highest BCUT2D eigenvalue weighted by atomic mass is 127. The largest absolute Gasteiger partial charge is 0.478 e. The molecule has 2 N–H and O–H groups in total. The van der Waals surface area contributed by atoms with Crippen LogP contribution in [0.15, 0.2) is 40.9 Å². The molecule has 0 aromatic heterocycles. The predicted octanol–water partition coefficient (Wildman–Crippen LogP) is 4.40. The summed E-state index contributed by atoms with van der Waals surface area (Å²) in [4.78, 5) is 21.3. The number of aromatic carboxylic acids is 1. The molecule has 0 unspecified atom stereocenters. The zero-order valence-corrected chi connectivity index (χ0v) is 14.1. The van der Waals surface area contributed by atoms with E-state index in [0.29, 0.717) is 19.4 Å². The number of nitrogens with one attached hydrogen (secondary N) is 1. The maximum Gasteiger partial charge on any atom is 0.336 e. The zero-order chi connectivity index (χ0) is 15.6. The summed E-state index contributed by atoms with van der Waals surface area (Å²) < 4.78 is 1.15. The first kappa shape index (κ1) is 15.7. The van der Waals surface area contributed by atoms with Crippen LogP contribution in [-0.4, -0.2) is 16.0 Å². The number of rotatable bonds is 4. The van der Waals surface area contributed by atoms with E-state index in [0.717, 1.165) is 0 Å². The summed E-state index contributed by atoms with van der Waals surface area (Å²) in [6, 6.07) is 9.26. The lowest BCUT2D eigenvalue weighted by molar-refractivity contribution is -0.384. The van der Waals surface area contributed by atoms with Gasteiger partial charge in [-0.15, -0.1) is 0 Å². The molecule has 0 aliphatic rings. The second kappa shape index (κ2) is 6.39. The highest BCUT2D eigenvalue weighted by Crippen LogP contribution is 2.28. The molecule has 2 rings (SSSR count). The van der Waals surface area contributed by atoms with Gasteiger partial charge in [0.2, 0.25) is 0 Å². The van der Waals surface area contributed by atoms with Crippen LogP contribution in [0.1, 0.15) is 10.4 Å². The number of hydrogen-bond acceptors (Lipinski definition) is 4. The number of anilines is 2. The molecule has 0 radical (unpaired) electrons. The van der Waals surface area contributed by atoms with Crippen molar-refractivity contribution in [3.63, 3.8) is 0 Å². The fourth-order valence-corrected chi connectivity index (χ4v) is 2.69. The van der Waals surface area contributed by atoms with Gasteiger partial charge in [-0.3, -0.25) is 10.1 Å². The van der Waals surface area contributed by atoms with Gasteiger partial charge in [-0.2, -0.15) is 0 Å². The van der Waals surface area contributed by atoms with Crippen LogP contribution in [0.25, 0.3) is 0 Å². The molecule has 0 fully saturated rings. The second-order valence-corrected chi connectivity index (χ2v) is 6.06. The van der Waals surface area contributed by atoms with Crippen molar-refractivity contribution in [2.24, 2.45) is 0 Å². The van der Waals surface area contributed by atoms with Gasteiger partial charge in [-0.05, 0) is 62.8 Å². The average Bonchev–Trinajstić information content (AvgIpc) is 2.42. The van der Waals surface area contributed by atoms with Crippen LogP contribution in [0, 0.1) is 13.7 Å². The summed E-state index contributed by atoms with van der Waals surface area (Å²) in [6.45, 7) is 0. The van der Waals surface area contributed by atoms with E-state index in [2.05, 4.69) is 21.2 Å². The number of nitro benzene ring substituents is 1. The van der Waals surface area contributed by atoms with Crippen LogP contribution in [0.3, 0.4) is 0 Å². The standard InChI is InChI=1S/C13H8BrIN2O4/c14-10-3-1-7(5-9(10)13(18)19)16-12-4-2-8(17(20)21)6-11(12)15/h1-6,16H,(H,18,19). The fraction of sp³-hybridized carbons (Fsp3) is 0. The maximum absolute atomic E-state index is 11.1. The van der Waals surface area contributed by atoms with Crippen LogP contribution >= 0.6 is 38.5 Å². The normalized spacial score (nSPS) is 10.2. The van der Waals surface area contributed by atoms with E-state index in [1.807, 2.05) is 22.6 Å². The minimum atomic E-state index is -1.04. The van der Waals surface area contributed by atoms with Crippen LogP contribution < -0.4 is 5.32 Å². The smallest absolute Gasteiger partial charge is 0.336 e. The first-order valence-corrected chi connectivity index (χ1v) is 7.49. The van der Waals surface area contributed by atoms with Crippen LogP contribution in [-0.2, 0) is 0 Å². The molecule has 6 nitrogen and oxygen atoms in total. The van der Waals surface area contributed by atoms with E-state index < -0.39 is 10.9 Å².